The number of hydrogen-bond donors (Lipinski definition) is 1. The fourth-order valence-corrected chi connectivity index (χ4v) is 2.73. The van der Waals surface area contributed by atoms with E-state index < -0.39 is 17.5 Å². The van der Waals surface area contributed by atoms with Gasteiger partial charge in [0.2, 0.25) is 0 Å². The smallest absolute Gasteiger partial charge is 0.255 e. The Morgan fingerprint density at radius 3 is 2.30 bits per heavy atom. The van der Waals surface area contributed by atoms with Gasteiger partial charge >= 0.3 is 0 Å². The number of halogens is 2. The molecule has 1 aromatic heterocycles. The monoisotopic (exact) mass is 330 g/mol. The van der Waals surface area contributed by atoms with Crippen LogP contribution in [0.5, 0.6) is 0 Å². The highest BCUT2D eigenvalue weighted by molar-refractivity contribution is 7.09. The number of nitrogens with zero attached hydrogens (tertiary/aromatic N) is 1. The summed E-state index contributed by atoms with van der Waals surface area (Å²) in [7, 11) is 0. The third-order valence-corrected chi connectivity index (χ3v) is 3.96. The largest absolute Gasteiger partial charge is 0.322 e. The first-order chi connectivity index (χ1) is 11.0. The summed E-state index contributed by atoms with van der Waals surface area (Å²) in [6.07, 6.45) is 0. The van der Waals surface area contributed by atoms with Crippen LogP contribution < -0.4 is 5.32 Å². The van der Waals surface area contributed by atoms with E-state index >= 15 is 0 Å². The summed E-state index contributed by atoms with van der Waals surface area (Å²) < 4.78 is 26.3. The fourth-order valence-electron chi connectivity index (χ4n) is 2.11. The normalized spacial score (nSPS) is 10.6. The number of aromatic nitrogens is 1. The van der Waals surface area contributed by atoms with Crippen LogP contribution in [0.3, 0.4) is 0 Å². The Morgan fingerprint density at radius 2 is 1.74 bits per heavy atom. The number of hydrogen-bond acceptors (Lipinski definition) is 3. The summed E-state index contributed by atoms with van der Waals surface area (Å²) in [6.45, 7) is 1.93. The van der Waals surface area contributed by atoms with Crippen LogP contribution in [-0.2, 0) is 0 Å². The molecule has 116 valence electrons. The first-order valence-corrected chi connectivity index (χ1v) is 7.69. The van der Waals surface area contributed by atoms with E-state index in [1.54, 1.807) is 23.5 Å². The van der Waals surface area contributed by atoms with E-state index in [1.807, 2.05) is 24.4 Å². The average Bonchev–Trinajstić information content (AvgIpc) is 2.93. The molecule has 2 aromatic carbocycles. The molecule has 1 N–H and O–H groups in total. The third-order valence-electron chi connectivity index (χ3n) is 3.18. The SMILES string of the molecule is Cc1nc(-c2ccc(NC(=O)c3cc(F)cc(F)c3)cc2)cs1. The van der Waals surface area contributed by atoms with E-state index in [0.717, 1.165) is 34.5 Å². The molecule has 0 aliphatic heterocycles. The Kier molecular flexibility index (Phi) is 4.16. The molecule has 0 spiro atoms. The van der Waals surface area contributed by atoms with E-state index in [-0.39, 0.29) is 5.56 Å². The minimum Gasteiger partial charge on any atom is -0.322 e. The zero-order valence-corrected chi connectivity index (χ0v) is 13.0. The molecular formula is C17H12F2N2OS. The quantitative estimate of drug-likeness (QED) is 0.759. The van der Waals surface area contributed by atoms with Gasteiger partial charge < -0.3 is 5.32 Å². The predicted molar refractivity (Wildman–Crippen MR) is 86.6 cm³/mol. The molecule has 0 unspecified atom stereocenters. The topological polar surface area (TPSA) is 42.0 Å². The van der Waals surface area contributed by atoms with Gasteiger partial charge in [-0.2, -0.15) is 0 Å². The number of carbonyl (C=O) groups is 1. The number of aryl methyl sites for hydroxylation is 1. The Hall–Kier alpha value is -2.60. The number of carbonyl (C=O) groups excluding carboxylic acids is 1. The summed E-state index contributed by atoms with van der Waals surface area (Å²) in [5.41, 5.74) is 2.28. The molecule has 23 heavy (non-hydrogen) atoms. The van der Waals surface area contributed by atoms with E-state index in [9.17, 15) is 13.6 Å². The summed E-state index contributed by atoms with van der Waals surface area (Å²) in [4.78, 5) is 16.4. The van der Waals surface area contributed by atoms with Crippen molar-refractivity contribution in [3.63, 3.8) is 0 Å². The van der Waals surface area contributed by atoms with Gasteiger partial charge in [-0.3, -0.25) is 4.79 Å². The van der Waals surface area contributed by atoms with Crippen LogP contribution in [0, 0.1) is 18.6 Å². The fraction of sp³-hybridized carbons (Fsp3) is 0.0588. The maximum absolute atomic E-state index is 13.1. The van der Waals surface area contributed by atoms with Gasteiger partial charge in [-0.1, -0.05) is 12.1 Å². The van der Waals surface area contributed by atoms with Gasteiger partial charge in [0.1, 0.15) is 11.6 Å². The van der Waals surface area contributed by atoms with Crippen LogP contribution in [0.2, 0.25) is 0 Å². The van der Waals surface area contributed by atoms with Crippen LogP contribution in [-0.4, -0.2) is 10.9 Å². The summed E-state index contributed by atoms with van der Waals surface area (Å²) in [5.74, 6) is -2.14. The van der Waals surface area contributed by atoms with Crippen molar-refractivity contribution in [1.82, 2.24) is 4.98 Å². The first kappa shape index (κ1) is 15.3. The molecule has 0 fully saturated rings. The number of benzene rings is 2. The van der Waals surface area contributed by atoms with Crippen LogP contribution in [0.1, 0.15) is 15.4 Å². The van der Waals surface area contributed by atoms with Crippen LogP contribution >= 0.6 is 11.3 Å². The maximum Gasteiger partial charge on any atom is 0.255 e. The zero-order chi connectivity index (χ0) is 16.4. The molecule has 0 atom stereocenters. The van der Waals surface area contributed by atoms with Crippen molar-refractivity contribution in [2.45, 2.75) is 6.92 Å². The van der Waals surface area contributed by atoms with Crippen molar-refractivity contribution in [2.24, 2.45) is 0 Å². The molecule has 0 aliphatic rings. The summed E-state index contributed by atoms with van der Waals surface area (Å²) >= 11 is 1.56. The predicted octanol–water partition coefficient (Wildman–Crippen LogP) is 4.65. The standard InChI is InChI=1S/C17H12F2N2OS/c1-10-20-16(9-23-10)11-2-4-15(5-3-11)21-17(22)12-6-13(18)8-14(19)7-12/h2-9H,1H3,(H,21,22). The lowest BCUT2D eigenvalue weighted by molar-refractivity contribution is 0.102. The number of anilines is 1. The van der Waals surface area contributed by atoms with Gasteiger partial charge in [0.15, 0.2) is 0 Å². The number of rotatable bonds is 3. The molecule has 0 saturated heterocycles. The molecule has 0 bridgehead atoms. The van der Waals surface area contributed by atoms with Gasteiger partial charge in [0.05, 0.1) is 10.7 Å². The molecule has 0 radical (unpaired) electrons. The highest BCUT2D eigenvalue weighted by atomic mass is 32.1. The molecule has 0 saturated carbocycles. The Balaban J connectivity index is 1.76. The van der Waals surface area contributed by atoms with Crippen LogP contribution in [0.4, 0.5) is 14.5 Å². The average molecular weight is 330 g/mol. The Bertz CT molecular complexity index is 839. The second kappa shape index (κ2) is 6.26. The third kappa shape index (κ3) is 3.60. The summed E-state index contributed by atoms with van der Waals surface area (Å²) in [5, 5.41) is 5.54. The van der Waals surface area contributed by atoms with Crippen molar-refractivity contribution in [3.8, 4) is 11.3 Å². The molecule has 1 heterocycles. The lowest BCUT2D eigenvalue weighted by atomic mass is 10.1. The van der Waals surface area contributed by atoms with Crippen molar-refractivity contribution in [3.05, 3.63) is 70.1 Å². The Labute approximate surface area is 135 Å². The molecule has 6 heteroatoms. The minimum absolute atomic E-state index is 0.0679. The van der Waals surface area contributed by atoms with Gasteiger partial charge in [-0.05, 0) is 31.2 Å². The molecule has 3 nitrogen and oxygen atoms in total. The van der Waals surface area contributed by atoms with E-state index in [4.69, 9.17) is 0 Å². The highest BCUT2D eigenvalue weighted by Crippen LogP contribution is 2.23. The van der Waals surface area contributed by atoms with Gasteiger partial charge in [0, 0.05) is 28.3 Å². The van der Waals surface area contributed by atoms with E-state index in [2.05, 4.69) is 10.3 Å². The second-order valence-electron chi connectivity index (χ2n) is 4.94. The van der Waals surface area contributed by atoms with E-state index in [1.165, 1.54) is 0 Å². The van der Waals surface area contributed by atoms with E-state index in [0.29, 0.717) is 5.69 Å². The van der Waals surface area contributed by atoms with Crippen molar-refractivity contribution in [2.75, 3.05) is 5.32 Å². The molecule has 3 aromatic rings. The summed E-state index contributed by atoms with van der Waals surface area (Å²) in [6, 6.07) is 9.80. The van der Waals surface area contributed by atoms with Crippen LogP contribution in [0.25, 0.3) is 11.3 Å². The molecule has 0 aliphatic carbocycles. The molecular weight excluding hydrogens is 318 g/mol. The lowest BCUT2D eigenvalue weighted by Crippen LogP contribution is -2.12. The van der Waals surface area contributed by atoms with Crippen molar-refractivity contribution < 1.29 is 13.6 Å². The second-order valence-corrected chi connectivity index (χ2v) is 6.00. The van der Waals surface area contributed by atoms with Crippen molar-refractivity contribution >= 4 is 22.9 Å². The number of amides is 1. The Morgan fingerprint density at radius 1 is 1.09 bits per heavy atom. The van der Waals surface area contributed by atoms with Gasteiger partial charge in [-0.25, -0.2) is 13.8 Å². The number of thiazole rings is 1. The zero-order valence-electron chi connectivity index (χ0n) is 12.1. The number of nitrogens with one attached hydrogen (secondary N) is 1. The highest BCUT2D eigenvalue weighted by Gasteiger charge is 2.10. The van der Waals surface area contributed by atoms with Crippen LogP contribution in [0.15, 0.2) is 47.8 Å². The van der Waals surface area contributed by atoms with Gasteiger partial charge in [0.25, 0.3) is 5.91 Å². The lowest BCUT2D eigenvalue weighted by Gasteiger charge is -2.06. The minimum atomic E-state index is -0.788. The van der Waals surface area contributed by atoms with Crippen molar-refractivity contribution in [1.29, 1.82) is 0 Å². The first-order valence-electron chi connectivity index (χ1n) is 6.81. The molecule has 1 amide bonds. The maximum atomic E-state index is 13.1. The van der Waals surface area contributed by atoms with Gasteiger partial charge in [-0.15, -0.1) is 11.3 Å². The molecule has 3 rings (SSSR count).